The lowest BCUT2D eigenvalue weighted by Crippen LogP contribution is -2.59. The number of likely N-dealkylation sites (N-methyl/N-ethyl adjacent to an activating group) is 2. The Morgan fingerprint density at radius 1 is 0.537 bits per heavy atom. The van der Waals surface area contributed by atoms with Gasteiger partial charge in [-0.1, -0.05) is 114 Å². The van der Waals surface area contributed by atoms with E-state index in [1.807, 2.05) is 102 Å². The van der Waals surface area contributed by atoms with Crippen LogP contribution in [0.4, 0.5) is 0 Å². The molecular formula is C62H86N10O8. The van der Waals surface area contributed by atoms with Crippen LogP contribution in [0.15, 0.2) is 97.1 Å². The van der Waals surface area contributed by atoms with Crippen molar-refractivity contribution in [1.29, 1.82) is 0 Å². The number of rotatable bonds is 24. The Balaban J connectivity index is 1.11. The van der Waals surface area contributed by atoms with Crippen LogP contribution in [0.5, 0.6) is 0 Å². The predicted octanol–water partition coefficient (Wildman–Crippen LogP) is 4.70. The lowest BCUT2D eigenvalue weighted by atomic mass is 9.85. The molecule has 6 rings (SSSR count). The van der Waals surface area contributed by atoms with Crippen LogP contribution in [-0.2, 0) is 41.6 Å². The van der Waals surface area contributed by atoms with Crippen LogP contribution in [0.1, 0.15) is 113 Å². The highest BCUT2D eigenvalue weighted by atomic mass is 16.2. The zero-order chi connectivity index (χ0) is 58.3. The van der Waals surface area contributed by atoms with E-state index < -0.39 is 46.8 Å². The van der Waals surface area contributed by atoms with E-state index in [1.165, 1.54) is 0 Å². The summed E-state index contributed by atoms with van der Waals surface area (Å²) in [4.78, 5) is 118. The second-order valence-corrected chi connectivity index (χ2v) is 23.6. The van der Waals surface area contributed by atoms with Gasteiger partial charge in [0, 0.05) is 62.5 Å². The molecule has 80 heavy (non-hydrogen) atoms. The highest BCUT2D eigenvalue weighted by Gasteiger charge is 2.42. The van der Waals surface area contributed by atoms with Crippen molar-refractivity contribution < 1.29 is 38.4 Å². The van der Waals surface area contributed by atoms with Crippen molar-refractivity contribution in [3.8, 4) is 0 Å². The molecule has 0 aromatic heterocycles. The van der Waals surface area contributed by atoms with Gasteiger partial charge in [-0.3, -0.25) is 38.4 Å². The van der Waals surface area contributed by atoms with Crippen molar-refractivity contribution in [2.45, 2.75) is 130 Å². The molecule has 0 radical (unpaired) electrons. The summed E-state index contributed by atoms with van der Waals surface area (Å²) in [5.41, 5.74) is 1.46. The molecule has 432 valence electrons. The predicted molar refractivity (Wildman–Crippen MR) is 311 cm³/mol. The number of nitrogens with zero attached hydrogens (tertiary/aromatic N) is 4. The summed E-state index contributed by atoms with van der Waals surface area (Å²) in [6, 6.07) is 26.6. The molecule has 2 saturated heterocycles. The summed E-state index contributed by atoms with van der Waals surface area (Å²) >= 11 is 0. The molecule has 6 N–H and O–H groups in total. The molecule has 0 aliphatic carbocycles. The Bertz CT molecular complexity index is 2610. The molecule has 2 fully saturated rings. The number of carbonyl (C=O) groups is 8. The molecule has 18 nitrogen and oxygen atoms in total. The monoisotopic (exact) mass is 1100 g/mol. The zero-order valence-electron chi connectivity index (χ0n) is 48.7. The smallest absolute Gasteiger partial charge is 0.251 e. The minimum absolute atomic E-state index is 0.195. The molecule has 2 heterocycles. The van der Waals surface area contributed by atoms with Crippen LogP contribution in [0.3, 0.4) is 0 Å². The third kappa shape index (κ3) is 16.9. The SMILES string of the molecule is CN[C@@H](C)C(=O)N[C@H](C(=O)N1CCC[C@H]1CN(CCc1ccccc1)C(=O)CNC(=O)c1ccc2ccc(C(=O)NCC(=O)N(CCc3ccccc3)C[C@@H]3CCCN3C(=O)[C@@H](NC(=O)[C@H](C)NC)C(C)(C)C)cc2c1)C(C)(C)C. The minimum atomic E-state index is -0.787. The fourth-order valence-corrected chi connectivity index (χ4v) is 10.3. The molecule has 6 atom stereocenters. The molecular weight excluding hydrogens is 1010 g/mol. The first-order chi connectivity index (χ1) is 38.0. The van der Waals surface area contributed by atoms with Crippen molar-refractivity contribution >= 4 is 58.0 Å². The Kier molecular flexibility index (Phi) is 21.9. The van der Waals surface area contributed by atoms with Gasteiger partial charge in [0.1, 0.15) is 12.1 Å². The fourth-order valence-electron chi connectivity index (χ4n) is 10.3. The van der Waals surface area contributed by atoms with Gasteiger partial charge < -0.3 is 51.5 Å². The van der Waals surface area contributed by atoms with Crippen LogP contribution in [-0.4, -0.2) is 170 Å². The maximum atomic E-state index is 14.3. The molecule has 4 aromatic carbocycles. The fraction of sp³-hybridized carbons (Fsp3) is 0.516. The van der Waals surface area contributed by atoms with Gasteiger partial charge in [0.25, 0.3) is 11.8 Å². The van der Waals surface area contributed by atoms with Gasteiger partial charge in [-0.15, -0.1) is 0 Å². The summed E-state index contributed by atoms with van der Waals surface area (Å²) < 4.78 is 0. The number of hydrogen-bond acceptors (Lipinski definition) is 10. The van der Waals surface area contributed by atoms with E-state index in [1.54, 1.807) is 83.9 Å². The molecule has 0 bridgehead atoms. The van der Waals surface area contributed by atoms with E-state index in [9.17, 15) is 38.4 Å². The largest absolute Gasteiger partial charge is 0.343 e. The summed E-state index contributed by atoms with van der Waals surface area (Å²) in [6.07, 6.45) is 3.96. The van der Waals surface area contributed by atoms with E-state index in [0.29, 0.717) is 57.2 Å². The van der Waals surface area contributed by atoms with Gasteiger partial charge in [0.2, 0.25) is 35.4 Å². The van der Waals surface area contributed by atoms with Crippen molar-refractivity contribution in [2.24, 2.45) is 10.8 Å². The second-order valence-electron chi connectivity index (χ2n) is 23.6. The van der Waals surface area contributed by atoms with Gasteiger partial charge in [-0.25, -0.2) is 0 Å². The Labute approximate surface area is 472 Å². The topological polar surface area (TPSA) is 222 Å². The normalized spacial score (nSPS) is 17.0. The van der Waals surface area contributed by atoms with Gasteiger partial charge in [-0.2, -0.15) is 0 Å². The quantitative estimate of drug-likeness (QED) is 0.0568. The first-order valence-corrected chi connectivity index (χ1v) is 28.3. The van der Waals surface area contributed by atoms with E-state index in [4.69, 9.17) is 0 Å². The molecule has 2 aliphatic rings. The van der Waals surface area contributed by atoms with Crippen molar-refractivity contribution in [2.75, 3.05) is 66.5 Å². The summed E-state index contributed by atoms with van der Waals surface area (Å²) in [7, 11) is 3.38. The minimum Gasteiger partial charge on any atom is -0.343 e. The van der Waals surface area contributed by atoms with Crippen molar-refractivity contribution in [1.82, 2.24) is 51.5 Å². The Morgan fingerprint density at radius 2 is 0.912 bits per heavy atom. The second kappa shape index (κ2) is 28.3. The maximum absolute atomic E-state index is 14.3. The number of likely N-dealkylation sites (tertiary alicyclic amines) is 2. The average molecular weight is 1100 g/mol. The highest BCUT2D eigenvalue weighted by molar-refractivity contribution is 6.03. The van der Waals surface area contributed by atoms with E-state index >= 15 is 0 Å². The Morgan fingerprint density at radius 3 is 1.26 bits per heavy atom. The molecule has 0 spiro atoms. The lowest BCUT2D eigenvalue weighted by Gasteiger charge is -2.37. The zero-order valence-corrected chi connectivity index (χ0v) is 48.7. The summed E-state index contributed by atoms with van der Waals surface area (Å²) in [5.74, 6) is -2.54. The number of amides is 8. The lowest BCUT2D eigenvalue weighted by molar-refractivity contribution is -0.142. The van der Waals surface area contributed by atoms with Crippen LogP contribution in [0.25, 0.3) is 10.8 Å². The van der Waals surface area contributed by atoms with Gasteiger partial charge in [0.05, 0.1) is 25.2 Å². The summed E-state index contributed by atoms with van der Waals surface area (Å²) in [6.45, 7) is 16.6. The van der Waals surface area contributed by atoms with E-state index in [-0.39, 0.29) is 84.8 Å². The first-order valence-electron chi connectivity index (χ1n) is 28.3. The third-order valence-corrected chi connectivity index (χ3v) is 15.5. The number of fused-ring (bicyclic) bond motifs is 1. The van der Waals surface area contributed by atoms with Crippen LogP contribution < -0.4 is 31.9 Å². The molecule has 0 saturated carbocycles. The standard InChI is InChI=1S/C62H86N10O8/c1-41(63-9)55(75)67-53(61(3,4)5)59(79)71-31-17-23-49(71)39-69(33-29-43-19-13-11-14-20-43)51(73)37-65-57(77)46-27-25-45-26-28-47(36-48(45)35-46)58(78)66-38-52(74)70(34-30-44-21-15-12-16-22-44)40-50-24-18-32-72(50)60(80)54(62(6,7)8)68-56(76)42(2)64-10/h11-16,19-22,25-28,35-36,41-42,49-50,53-54,63-64H,17-18,23-24,29-34,37-40H2,1-10H3,(H,65,77)(H,66,78)(H,67,75)(H,68,76)/t41-,42-,49-,50-,53+,54+/m0/s1. The number of benzene rings is 4. The van der Waals surface area contributed by atoms with Crippen molar-refractivity contribution in [3.05, 3.63) is 119 Å². The molecule has 2 aliphatic heterocycles. The van der Waals surface area contributed by atoms with Crippen LogP contribution in [0, 0.1) is 10.8 Å². The molecule has 8 amide bonds. The number of hydrogen-bond donors (Lipinski definition) is 6. The Hall–Kier alpha value is -7.18. The van der Waals surface area contributed by atoms with E-state index in [2.05, 4.69) is 31.9 Å². The summed E-state index contributed by atoms with van der Waals surface area (Å²) in [5, 5.41) is 18.8. The van der Waals surface area contributed by atoms with Crippen LogP contribution in [0.2, 0.25) is 0 Å². The van der Waals surface area contributed by atoms with Gasteiger partial charge in [0.15, 0.2) is 0 Å². The molecule has 0 unspecified atom stereocenters. The van der Waals surface area contributed by atoms with Crippen LogP contribution >= 0.6 is 0 Å². The third-order valence-electron chi connectivity index (χ3n) is 15.5. The average Bonchev–Trinajstić information content (AvgIpc) is 4.13. The molecule has 4 aromatic rings. The highest BCUT2D eigenvalue weighted by Crippen LogP contribution is 2.29. The van der Waals surface area contributed by atoms with Gasteiger partial charge in [-0.05, 0) is 123 Å². The first kappa shape index (κ1) is 62.0. The van der Waals surface area contributed by atoms with Gasteiger partial charge >= 0.3 is 0 Å². The van der Waals surface area contributed by atoms with E-state index in [0.717, 1.165) is 29.4 Å². The van der Waals surface area contributed by atoms with Crippen molar-refractivity contribution in [3.63, 3.8) is 0 Å². The molecule has 18 heteroatoms. The number of carbonyl (C=O) groups excluding carboxylic acids is 8. The number of nitrogens with one attached hydrogen (secondary N) is 6. The maximum Gasteiger partial charge on any atom is 0.251 e.